The largest absolute Gasteiger partial charge is 0.0853 e. The van der Waals surface area contributed by atoms with E-state index in [0.717, 1.165) is 23.7 Å². The fraction of sp³-hybridized carbons (Fsp3) is 0.882. The molecular formula is C17H36. The minimum absolute atomic E-state index is 0. The highest BCUT2D eigenvalue weighted by Gasteiger charge is 2.24. The van der Waals surface area contributed by atoms with Crippen LogP contribution < -0.4 is 0 Å². The summed E-state index contributed by atoms with van der Waals surface area (Å²) in [6.45, 7) is 15.8. The SMILES string of the molecule is C.CC.CC1=CCCC(CC(C)C(C)C)C1C. The number of rotatable bonds is 3. The predicted octanol–water partition coefficient (Wildman–Crippen LogP) is 6.32. The van der Waals surface area contributed by atoms with Gasteiger partial charge in [-0.05, 0) is 49.9 Å². The summed E-state index contributed by atoms with van der Waals surface area (Å²) >= 11 is 0. The van der Waals surface area contributed by atoms with E-state index in [1.165, 1.54) is 19.3 Å². The summed E-state index contributed by atoms with van der Waals surface area (Å²) in [6, 6.07) is 0. The summed E-state index contributed by atoms with van der Waals surface area (Å²) in [4.78, 5) is 0. The molecule has 3 atom stereocenters. The van der Waals surface area contributed by atoms with E-state index >= 15 is 0 Å². The van der Waals surface area contributed by atoms with E-state index in [2.05, 4.69) is 40.7 Å². The second kappa shape index (κ2) is 9.74. The van der Waals surface area contributed by atoms with Gasteiger partial charge < -0.3 is 0 Å². The second-order valence-corrected chi connectivity index (χ2v) is 5.53. The first kappa shape index (κ1) is 19.1. The normalized spacial score (nSPS) is 25.3. The van der Waals surface area contributed by atoms with Crippen LogP contribution in [0.2, 0.25) is 0 Å². The molecule has 3 unspecified atom stereocenters. The summed E-state index contributed by atoms with van der Waals surface area (Å²) in [5.41, 5.74) is 1.62. The molecule has 1 rings (SSSR count). The fourth-order valence-corrected chi connectivity index (χ4v) is 2.40. The molecule has 1 aliphatic rings. The Morgan fingerprint density at radius 2 is 1.76 bits per heavy atom. The van der Waals surface area contributed by atoms with Crippen LogP contribution in [-0.4, -0.2) is 0 Å². The maximum atomic E-state index is 2.43. The van der Waals surface area contributed by atoms with Gasteiger partial charge in [0.1, 0.15) is 0 Å². The third kappa shape index (κ3) is 6.29. The van der Waals surface area contributed by atoms with E-state index in [9.17, 15) is 0 Å². The fourth-order valence-electron chi connectivity index (χ4n) is 2.40. The van der Waals surface area contributed by atoms with Crippen molar-refractivity contribution in [2.24, 2.45) is 23.7 Å². The maximum absolute atomic E-state index is 2.43. The summed E-state index contributed by atoms with van der Waals surface area (Å²) in [6.07, 6.45) is 6.58. The maximum Gasteiger partial charge on any atom is -0.0206 e. The van der Waals surface area contributed by atoms with Gasteiger partial charge >= 0.3 is 0 Å². The average Bonchev–Trinajstić information content (AvgIpc) is 2.27. The van der Waals surface area contributed by atoms with Crippen LogP contribution in [0, 0.1) is 23.7 Å². The van der Waals surface area contributed by atoms with Crippen molar-refractivity contribution < 1.29 is 0 Å². The highest BCUT2D eigenvalue weighted by Crippen LogP contribution is 2.35. The number of hydrogen-bond donors (Lipinski definition) is 0. The molecule has 0 N–H and O–H groups in total. The van der Waals surface area contributed by atoms with Crippen LogP contribution in [0.15, 0.2) is 11.6 Å². The first-order valence-corrected chi connectivity index (χ1v) is 7.19. The van der Waals surface area contributed by atoms with E-state index in [1.807, 2.05) is 13.8 Å². The Kier molecular flexibility index (Phi) is 10.9. The minimum atomic E-state index is 0. The monoisotopic (exact) mass is 240 g/mol. The van der Waals surface area contributed by atoms with Crippen LogP contribution in [0.3, 0.4) is 0 Å². The average molecular weight is 240 g/mol. The van der Waals surface area contributed by atoms with Crippen molar-refractivity contribution in [1.82, 2.24) is 0 Å². The zero-order valence-corrected chi connectivity index (χ0v) is 12.5. The molecule has 0 fully saturated rings. The molecule has 0 nitrogen and oxygen atoms in total. The van der Waals surface area contributed by atoms with E-state index in [1.54, 1.807) is 5.57 Å². The second-order valence-electron chi connectivity index (χ2n) is 5.53. The summed E-state index contributed by atoms with van der Waals surface area (Å²) in [7, 11) is 0. The summed E-state index contributed by atoms with van der Waals surface area (Å²) < 4.78 is 0. The molecule has 0 aliphatic heterocycles. The first-order chi connectivity index (χ1) is 7.52. The lowest BCUT2D eigenvalue weighted by atomic mass is 9.74. The van der Waals surface area contributed by atoms with Crippen molar-refractivity contribution in [2.75, 3.05) is 0 Å². The quantitative estimate of drug-likeness (QED) is 0.506. The lowest BCUT2D eigenvalue weighted by molar-refractivity contribution is 0.254. The number of hydrogen-bond acceptors (Lipinski definition) is 0. The van der Waals surface area contributed by atoms with Crippen molar-refractivity contribution in [3.8, 4) is 0 Å². The summed E-state index contributed by atoms with van der Waals surface area (Å²) in [5.74, 6) is 3.49. The molecule has 0 radical (unpaired) electrons. The Morgan fingerprint density at radius 1 is 1.24 bits per heavy atom. The van der Waals surface area contributed by atoms with Gasteiger partial charge in [-0.3, -0.25) is 0 Å². The van der Waals surface area contributed by atoms with E-state index in [-0.39, 0.29) is 7.43 Å². The van der Waals surface area contributed by atoms with Gasteiger partial charge in [0.05, 0.1) is 0 Å². The van der Waals surface area contributed by atoms with Gasteiger partial charge in [0.15, 0.2) is 0 Å². The molecule has 17 heavy (non-hydrogen) atoms. The molecule has 0 aromatic carbocycles. The van der Waals surface area contributed by atoms with Crippen LogP contribution in [0.5, 0.6) is 0 Å². The van der Waals surface area contributed by atoms with Crippen LogP contribution in [-0.2, 0) is 0 Å². The molecule has 104 valence electrons. The molecule has 0 heteroatoms. The van der Waals surface area contributed by atoms with Crippen molar-refractivity contribution in [3.05, 3.63) is 11.6 Å². The topological polar surface area (TPSA) is 0 Å². The zero-order valence-electron chi connectivity index (χ0n) is 12.5. The van der Waals surface area contributed by atoms with Crippen LogP contribution in [0.1, 0.15) is 75.2 Å². The Labute approximate surface area is 111 Å². The van der Waals surface area contributed by atoms with Gasteiger partial charge in [0.25, 0.3) is 0 Å². The van der Waals surface area contributed by atoms with Crippen molar-refractivity contribution in [2.45, 2.75) is 75.2 Å². The standard InChI is InChI=1S/C14H26.C2H6.CH4/c1-10(2)12(4)9-14-8-6-7-11(3)13(14)5;1-2;/h7,10,12-14H,6,8-9H2,1-5H3;1-2H3;1H4. The lowest BCUT2D eigenvalue weighted by Crippen LogP contribution is -2.20. The van der Waals surface area contributed by atoms with Crippen molar-refractivity contribution in [3.63, 3.8) is 0 Å². The van der Waals surface area contributed by atoms with Gasteiger partial charge in [-0.1, -0.05) is 60.6 Å². The van der Waals surface area contributed by atoms with E-state index < -0.39 is 0 Å². The van der Waals surface area contributed by atoms with Crippen molar-refractivity contribution in [1.29, 1.82) is 0 Å². The Bertz CT molecular complexity index is 200. The molecule has 1 aliphatic carbocycles. The Hall–Kier alpha value is -0.260. The molecule has 0 heterocycles. The van der Waals surface area contributed by atoms with Crippen LogP contribution in [0.25, 0.3) is 0 Å². The first-order valence-electron chi connectivity index (χ1n) is 7.19. The van der Waals surface area contributed by atoms with Gasteiger partial charge in [-0.15, -0.1) is 0 Å². The molecular weight excluding hydrogens is 204 g/mol. The predicted molar refractivity (Wildman–Crippen MR) is 82.3 cm³/mol. The van der Waals surface area contributed by atoms with E-state index in [4.69, 9.17) is 0 Å². The van der Waals surface area contributed by atoms with Gasteiger partial charge in [-0.2, -0.15) is 0 Å². The Morgan fingerprint density at radius 3 is 2.24 bits per heavy atom. The molecule has 0 aromatic rings. The third-order valence-corrected chi connectivity index (χ3v) is 4.24. The van der Waals surface area contributed by atoms with Gasteiger partial charge in [-0.25, -0.2) is 0 Å². The molecule has 0 bridgehead atoms. The molecule has 0 aromatic heterocycles. The van der Waals surface area contributed by atoms with Crippen molar-refractivity contribution >= 4 is 0 Å². The van der Waals surface area contributed by atoms with Crippen LogP contribution in [0.4, 0.5) is 0 Å². The summed E-state index contributed by atoms with van der Waals surface area (Å²) in [5, 5.41) is 0. The third-order valence-electron chi connectivity index (χ3n) is 4.24. The number of allylic oxidation sites excluding steroid dienone is 2. The van der Waals surface area contributed by atoms with Gasteiger partial charge in [0, 0.05) is 0 Å². The minimum Gasteiger partial charge on any atom is -0.0853 e. The highest BCUT2D eigenvalue weighted by atomic mass is 14.3. The van der Waals surface area contributed by atoms with Gasteiger partial charge in [0.2, 0.25) is 0 Å². The van der Waals surface area contributed by atoms with Crippen LogP contribution >= 0.6 is 0 Å². The molecule has 0 saturated heterocycles. The smallest absolute Gasteiger partial charge is 0.0206 e. The molecule has 0 saturated carbocycles. The zero-order chi connectivity index (χ0) is 12.7. The Balaban J connectivity index is 0. The van der Waals surface area contributed by atoms with E-state index in [0.29, 0.717) is 0 Å². The highest BCUT2D eigenvalue weighted by molar-refractivity contribution is 5.07. The molecule has 0 spiro atoms. The molecule has 0 amide bonds. The lowest BCUT2D eigenvalue weighted by Gasteiger charge is -2.31.